The van der Waals surface area contributed by atoms with Crippen LogP contribution < -0.4 is 11.1 Å². The lowest BCUT2D eigenvalue weighted by atomic mass is 10.1. The lowest BCUT2D eigenvalue weighted by Gasteiger charge is -2.18. The minimum atomic E-state index is -0.758. The molecule has 4 N–H and O–H groups in total. The molecule has 1 aliphatic rings. The van der Waals surface area contributed by atoms with Gasteiger partial charge >= 0.3 is 5.97 Å². The van der Waals surface area contributed by atoms with Gasteiger partial charge in [-0.25, -0.2) is 0 Å². The van der Waals surface area contributed by atoms with E-state index < -0.39 is 11.9 Å². The summed E-state index contributed by atoms with van der Waals surface area (Å²) in [6.45, 7) is 3.59. The summed E-state index contributed by atoms with van der Waals surface area (Å²) in [5.74, 6) is -1.59. The number of aryl methyl sites for hydroxylation is 2. The Labute approximate surface area is 117 Å². The summed E-state index contributed by atoms with van der Waals surface area (Å²) in [5, 5.41) is 12.3. The minimum absolute atomic E-state index is 0.0513. The van der Waals surface area contributed by atoms with Crippen molar-refractivity contribution in [2.75, 3.05) is 5.32 Å². The molecule has 1 aromatic heterocycles. The van der Waals surface area contributed by atoms with Crippen LogP contribution in [0.2, 0.25) is 0 Å². The predicted molar refractivity (Wildman–Crippen MR) is 74.6 cm³/mol. The van der Waals surface area contributed by atoms with Gasteiger partial charge < -0.3 is 16.2 Å². The Morgan fingerprint density at radius 1 is 1.40 bits per heavy atom. The van der Waals surface area contributed by atoms with Crippen molar-refractivity contribution in [3.8, 4) is 0 Å². The number of hydrogen-bond donors (Lipinski definition) is 3. The fourth-order valence-corrected chi connectivity index (χ4v) is 2.81. The number of pyridine rings is 1. The van der Waals surface area contributed by atoms with E-state index in [1.807, 2.05) is 6.92 Å². The Morgan fingerprint density at radius 3 is 2.65 bits per heavy atom. The third-order valence-electron chi connectivity index (χ3n) is 3.72. The van der Waals surface area contributed by atoms with Gasteiger partial charge in [-0.3, -0.25) is 14.6 Å². The maximum absolute atomic E-state index is 11.5. The number of carbonyl (C=O) groups is 2. The summed E-state index contributed by atoms with van der Waals surface area (Å²) >= 11 is 0. The lowest BCUT2D eigenvalue weighted by molar-refractivity contribution is -0.141. The number of carboxylic acid groups (broad SMARTS) is 1. The molecule has 1 saturated carbocycles. The van der Waals surface area contributed by atoms with Crippen molar-refractivity contribution in [3.63, 3.8) is 0 Å². The molecule has 20 heavy (non-hydrogen) atoms. The zero-order valence-corrected chi connectivity index (χ0v) is 11.6. The average Bonchev–Trinajstić information content (AvgIpc) is 2.75. The number of nitrogens with two attached hydrogens (primary N) is 1. The highest BCUT2D eigenvalue weighted by molar-refractivity contribution is 5.99. The van der Waals surface area contributed by atoms with Crippen molar-refractivity contribution in [1.29, 1.82) is 0 Å². The first-order valence-corrected chi connectivity index (χ1v) is 6.66. The average molecular weight is 277 g/mol. The number of nitrogens with one attached hydrogen (secondary N) is 1. The van der Waals surface area contributed by atoms with E-state index in [4.69, 9.17) is 10.8 Å². The zero-order chi connectivity index (χ0) is 14.9. The van der Waals surface area contributed by atoms with E-state index in [1.54, 1.807) is 13.0 Å². The molecular formula is C14H19N3O3. The predicted octanol–water partition coefficient (Wildman–Crippen LogP) is 1.46. The number of anilines is 1. The van der Waals surface area contributed by atoms with Gasteiger partial charge in [0.2, 0.25) is 0 Å². The van der Waals surface area contributed by atoms with Crippen LogP contribution >= 0.6 is 0 Å². The molecule has 0 radical (unpaired) electrons. The second-order valence-electron chi connectivity index (χ2n) is 5.33. The first-order chi connectivity index (χ1) is 9.38. The number of primary amides is 1. The van der Waals surface area contributed by atoms with Crippen molar-refractivity contribution >= 4 is 17.6 Å². The van der Waals surface area contributed by atoms with Crippen LogP contribution in [0.5, 0.6) is 0 Å². The molecule has 2 rings (SSSR count). The van der Waals surface area contributed by atoms with E-state index in [-0.39, 0.29) is 12.0 Å². The molecule has 2 atom stereocenters. The largest absolute Gasteiger partial charge is 0.481 e. The minimum Gasteiger partial charge on any atom is -0.481 e. The molecule has 108 valence electrons. The molecule has 0 bridgehead atoms. The number of amides is 1. The molecule has 0 saturated heterocycles. The third-order valence-corrected chi connectivity index (χ3v) is 3.72. The molecule has 1 aromatic rings. The highest BCUT2D eigenvalue weighted by Gasteiger charge is 2.30. The summed E-state index contributed by atoms with van der Waals surface area (Å²) in [6.07, 6.45) is 1.99. The fourth-order valence-electron chi connectivity index (χ4n) is 2.81. The maximum atomic E-state index is 11.5. The van der Waals surface area contributed by atoms with Gasteiger partial charge in [0.1, 0.15) is 0 Å². The number of carboxylic acids is 1. The summed E-state index contributed by atoms with van der Waals surface area (Å²) in [6, 6.07) is 1.83. The van der Waals surface area contributed by atoms with Crippen LogP contribution in [0.3, 0.4) is 0 Å². The van der Waals surface area contributed by atoms with Crippen LogP contribution in [0.4, 0.5) is 5.69 Å². The van der Waals surface area contributed by atoms with E-state index in [0.29, 0.717) is 29.8 Å². The van der Waals surface area contributed by atoms with E-state index in [9.17, 15) is 9.59 Å². The molecule has 6 nitrogen and oxygen atoms in total. The van der Waals surface area contributed by atoms with Crippen molar-refractivity contribution in [2.45, 2.75) is 39.2 Å². The smallest absolute Gasteiger partial charge is 0.306 e. The summed E-state index contributed by atoms with van der Waals surface area (Å²) < 4.78 is 0. The van der Waals surface area contributed by atoms with Crippen LogP contribution in [-0.4, -0.2) is 28.0 Å². The molecule has 0 aliphatic heterocycles. The zero-order valence-electron chi connectivity index (χ0n) is 11.6. The van der Waals surface area contributed by atoms with Crippen LogP contribution in [0, 0.1) is 19.8 Å². The highest BCUT2D eigenvalue weighted by Crippen LogP contribution is 2.30. The molecule has 6 heteroatoms. The Kier molecular flexibility index (Phi) is 3.92. The second-order valence-corrected chi connectivity index (χ2v) is 5.33. The second kappa shape index (κ2) is 5.48. The monoisotopic (exact) mass is 277 g/mol. The number of nitrogens with zero attached hydrogens (tertiary/aromatic N) is 1. The van der Waals surface area contributed by atoms with E-state index in [0.717, 1.165) is 12.1 Å². The third kappa shape index (κ3) is 2.89. The van der Waals surface area contributed by atoms with E-state index in [1.165, 1.54) is 0 Å². The number of aliphatic carboxylic acids is 1. The Morgan fingerprint density at radius 2 is 2.10 bits per heavy atom. The van der Waals surface area contributed by atoms with Gasteiger partial charge in [-0.2, -0.15) is 0 Å². The van der Waals surface area contributed by atoms with Crippen LogP contribution in [-0.2, 0) is 4.79 Å². The van der Waals surface area contributed by atoms with Crippen molar-refractivity contribution in [2.24, 2.45) is 11.7 Å². The molecule has 2 unspecified atom stereocenters. The quantitative estimate of drug-likeness (QED) is 0.772. The van der Waals surface area contributed by atoms with Crippen LogP contribution in [0.25, 0.3) is 0 Å². The van der Waals surface area contributed by atoms with Crippen LogP contribution in [0.15, 0.2) is 6.07 Å². The SMILES string of the molecule is Cc1cc(NC2CCC(C(=O)O)C2)c(C(N)=O)c(C)n1. The molecule has 1 fully saturated rings. The highest BCUT2D eigenvalue weighted by atomic mass is 16.4. The van der Waals surface area contributed by atoms with Gasteiger partial charge in [0, 0.05) is 11.7 Å². The van der Waals surface area contributed by atoms with Crippen molar-refractivity contribution in [1.82, 2.24) is 4.98 Å². The Bertz CT molecular complexity index is 557. The summed E-state index contributed by atoms with van der Waals surface area (Å²) in [7, 11) is 0. The Hall–Kier alpha value is -2.11. The van der Waals surface area contributed by atoms with Gasteiger partial charge in [-0.15, -0.1) is 0 Å². The van der Waals surface area contributed by atoms with E-state index >= 15 is 0 Å². The van der Waals surface area contributed by atoms with Gasteiger partial charge in [0.25, 0.3) is 5.91 Å². The van der Waals surface area contributed by atoms with Crippen molar-refractivity contribution < 1.29 is 14.7 Å². The maximum Gasteiger partial charge on any atom is 0.306 e. The van der Waals surface area contributed by atoms with Gasteiger partial charge in [0.15, 0.2) is 0 Å². The Balaban J connectivity index is 2.21. The van der Waals surface area contributed by atoms with Gasteiger partial charge in [-0.1, -0.05) is 0 Å². The van der Waals surface area contributed by atoms with Crippen molar-refractivity contribution in [3.05, 3.63) is 23.0 Å². The number of rotatable bonds is 4. The molecule has 1 amide bonds. The summed E-state index contributed by atoms with van der Waals surface area (Å²) in [4.78, 5) is 26.8. The van der Waals surface area contributed by atoms with Crippen LogP contribution in [0.1, 0.15) is 41.0 Å². The number of carbonyl (C=O) groups excluding carboxylic acids is 1. The number of aromatic nitrogens is 1. The normalized spacial score (nSPS) is 21.7. The van der Waals surface area contributed by atoms with E-state index in [2.05, 4.69) is 10.3 Å². The van der Waals surface area contributed by atoms with Gasteiger partial charge in [0.05, 0.1) is 22.9 Å². The standard InChI is InChI=1S/C14H19N3O3/c1-7-5-11(12(13(15)18)8(2)16-7)17-10-4-3-9(6-10)14(19)20/h5,9-10H,3-4,6H2,1-2H3,(H2,15,18)(H,16,17)(H,19,20). The number of hydrogen-bond acceptors (Lipinski definition) is 4. The lowest BCUT2D eigenvalue weighted by Crippen LogP contribution is -2.22. The molecule has 0 aromatic carbocycles. The molecule has 1 aliphatic carbocycles. The fraction of sp³-hybridized carbons (Fsp3) is 0.500. The molecule has 1 heterocycles. The first-order valence-electron chi connectivity index (χ1n) is 6.66. The topological polar surface area (TPSA) is 105 Å². The molecule has 0 spiro atoms. The first kappa shape index (κ1) is 14.3. The summed E-state index contributed by atoms with van der Waals surface area (Å²) in [5.41, 5.74) is 7.82. The molecular weight excluding hydrogens is 258 g/mol. The van der Waals surface area contributed by atoms with Gasteiger partial charge in [-0.05, 0) is 39.2 Å².